The van der Waals surface area contributed by atoms with Crippen molar-refractivity contribution < 1.29 is 25.7 Å². The summed E-state index contributed by atoms with van der Waals surface area (Å²) < 4.78 is 0. The van der Waals surface area contributed by atoms with Gasteiger partial charge in [-0.05, 0) is 48.9 Å². The molecule has 0 unspecified atom stereocenters. The van der Waals surface area contributed by atoms with Crippen LogP contribution in [0.1, 0.15) is 89.2 Å². The SMILES string of the molecule is CCCCCCCc1ccc(Cl)cc1.CCCCCCCc1ccc([N+]#N)cc1.II.I[I-]I.[Cl-]. The molecule has 0 radical (unpaired) electrons. The Kier molecular flexibility index (Phi) is 40.5. The van der Waals surface area contributed by atoms with Crippen molar-refractivity contribution in [3.05, 3.63) is 69.7 Å². The zero-order valence-electron chi connectivity index (χ0n) is 20.6. The molecule has 0 fully saturated rings. The molecular formula is C26H38Cl2I5N2-. The van der Waals surface area contributed by atoms with E-state index in [1.54, 1.807) is 0 Å². The molecule has 0 saturated carbocycles. The van der Waals surface area contributed by atoms with E-state index in [0.29, 0.717) is 18.9 Å². The zero-order valence-corrected chi connectivity index (χ0v) is 32.9. The van der Waals surface area contributed by atoms with Gasteiger partial charge in [0.1, 0.15) is 0 Å². The number of unbranched alkanes of at least 4 members (excludes halogenated alkanes) is 8. The van der Waals surface area contributed by atoms with Crippen molar-refractivity contribution in [1.29, 1.82) is 5.39 Å². The fourth-order valence-electron chi connectivity index (χ4n) is 3.25. The number of rotatable bonds is 12. The minimum atomic E-state index is 0. The van der Waals surface area contributed by atoms with Crippen molar-refractivity contribution in [2.24, 2.45) is 0 Å². The third-order valence-corrected chi connectivity index (χ3v) is 5.36. The first-order valence-corrected chi connectivity index (χ1v) is 31.0. The molecule has 0 aliphatic heterocycles. The summed E-state index contributed by atoms with van der Waals surface area (Å²) in [6.07, 6.45) is 15.6. The summed E-state index contributed by atoms with van der Waals surface area (Å²) in [5, 5.41) is 9.36. The number of diazo groups is 1. The predicted octanol–water partition coefficient (Wildman–Crippen LogP) is 7.09. The third kappa shape index (κ3) is 28.9. The van der Waals surface area contributed by atoms with Crippen LogP contribution in [0, 0.1) is 5.39 Å². The van der Waals surface area contributed by atoms with Crippen molar-refractivity contribution in [3.63, 3.8) is 0 Å². The number of nitrogens with zero attached hydrogens (tertiary/aromatic N) is 2. The number of benzene rings is 2. The van der Waals surface area contributed by atoms with Gasteiger partial charge in [-0.1, -0.05) is 101 Å². The summed E-state index contributed by atoms with van der Waals surface area (Å²) in [6, 6.07) is 16.0. The van der Waals surface area contributed by atoms with Crippen LogP contribution < -0.4 is 25.7 Å². The maximum atomic E-state index is 8.53. The summed E-state index contributed by atoms with van der Waals surface area (Å²) in [6.45, 7) is 4.48. The average Bonchev–Trinajstić information content (AvgIpc) is 2.87. The molecule has 0 bridgehead atoms. The van der Waals surface area contributed by atoms with E-state index >= 15 is 0 Å². The first-order valence-electron chi connectivity index (χ1n) is 11.8. The fraction of sp³-hybridized carbons (Fsp3) is 0.538. The standard InChI is InChI=1S/C13H19Cl.C13H19N2.ClH.I3.I2/c1-2-3-4-5-6-7-12-8-10-13(14)11-9-12;1-2-3-4-5-6-7-12-8-10-13(15-14)11-9-12;;1-3-2;1-2/h8-11H,2-7H2,1H3;8-11H,2-7H2,1H3;1H;;/q;+1;;-1;/p-1. The minimum Gasteiger partial charge on any atom is -1.00 e. The van der Waals surface area contributed by atoms with Gasteiger partial charge in [0.15, 0.2) is 4.98 Å². The molecule has 202 valence electrons. The van der Waals surface area contributed by atoms with Crippen molar-refractivity contribution in [2.75, 3.05) is 0 Å². The molecule has 9 heteroatoms. The zero-order chi connectivity index (χ0) is 25.9. The predicted molar refractivity (Wildman–Crippen MR) is 184 cm³/mol. The summed E-state index contributed by atoms with van der Waals surface area (Å²) in [5.74, 6) is 0. The molecule has 2 aromatic carbocycles. The minimum absolute atomic E-state index is 0. The number of hydrogen-bond acceptors (Lipinski definition) is 1. The molecule has 0 atom stereocenters. The van der Waals surface area contributed by atoms with Crippen LogP contribution in [0.15, 0.2) is 48.5 Å². The van der Waals surface area contributed by atoms with Gasteiger partial charge in [-0.25, -0.2) is 0 Å². The van der Waals surface area contributed by atoms with Crippen LogP contribution >= 0.6 is 86.1 Å². The molecule has 35 heavy (non-hydrogen) atoms. The Morgan fingerprint density at radius 3 is 1.37 bits per heavy atom. The van der Waals surface area contributed by atoms with Crippen molar-refractivity contribution in [3.8, 4) is 0 Å². The summed E-state index contributed by atoms with van der Waals surface area (Å²) >= 11 is 15.4. The van der Waals surface area contributed by atoms with Gasteiger partial charge in [0.05, 0.1) is 0 Å². The van der Waals surface area contributed by atoms with Crippen molar-refractivity contribution in [2.45, 2.75) is 90.9 Å². The van der Waals surface area contributed by atoms with Crippen LogP contribution in [0.2, 0.25) is 5.02 Å². The van der Waals surface area contributed by atoms with Crippen molar-refractivity contribution >= 4 is 91.8 Å². The van der Waals surface area contributed by atoms with Gasteiger partial charge in [-0.2, -0.15) is 0 Å². The normalized spacial score (nSPS) is 9.20. The molecule has 0 heterocycles. The molecule has 0 aliphatic rings. The third-order valence-electron chi connectivity index (χ3n) is 5.10. The smallest absolute Gasteiger partial charge is 1.00 e. The Morgan fingerprint density at radius 2 is 1.03 bits per heavy atom. The first kappa shape index (κ1) is 41.6. The number of halogens is 7. The van der Waals surface area contributed by atoms with E-state index in [1.807, 2.05) is 36.4 Å². The second kappa shape index (κ2) is 34.1. The Morgan fingerprint density at radius 1 is 0.686 bits per heavy atom. The second-order valence-electron chi connectivity index (χ2n) is 7.78. The molecule has 2 rings (SSSR count). The van der Waals surface area contributed by atoms with Crippen LogP contribution in [-0.4, -0.2) is 0 Å². The van der Waals surface area contributed by atoms with Crippen molar-refractivity contribution in [1.82, 2.24) is 0 Å². The van der Waals surface area contributed by atoms with E-state index in [2.05, 4.69) is 105 Å². The van der Waals surface area contributed by atoms with E-state index in [1.165, 1.54) is 81.8 Å². The molecule has 0 aliphatic carbocycles. The molecule has 0 amide bonds. The van der Waals surface area contributed by atoms with E-state index in [9.17, 15) is 0 Å². The fourth-order valence-corrected chi connectivity index (χ4v) is 3.37. The monoisotopic (exact) mass is 1080 g/mol. The van der Waals surface area contributed by atoms with E-state index in [-0.39, 0.29) is 12.4 Å². The van der Waals surface area contributed by atoms with Crippen LogP contribution in [0.25, 0.3) is 4.98 Å². The van der Waals surface area contributed by atoms with Gasteiger partial charge in [0.25, 0.3) is 0 Å². The summed E-state index contributed by atoms with van der Waals surface area (Å²) in [7, 11) is 0. The first-order chi connectivity index (χ1) is 16.6. The maximum Gasteiger partial charge on any atom is -1.00 e. The Bertz CT molecular complexity index is 711. The van der Waals surface area contributed by atoms with Gasteiger partial charge in [-0.3, -0.25) is 0 Å². The maximum absolute atomic E-state index is 8.53. The Hall–Kier alpha value is 2.09. The Balaban J connectivity index is -0.000000483. The number of aryl methyl sites for hydroxylation is 2. The van der Waals surface area contributed by atoms with E-state index in [0.717, 1.165) is 11.4 Å². The average molecular weight is 1080 g/mol. The second-order valence-corrected chi connectivity index (χ2v) is 24.5. The molecule has 2 aromatic rings. The van der Waals surface area contributed by atoms with Gasteiger partial charge in [0.2, 0.25) is 5.39 Å². The van der Waals surface area contributed by atoms with E-state index < -0.39 is 0 Å². The van der Waals surface area contributed by atoms with Gasteiger partial charge in [0, 0.05) is 54.4 Å². The quantitative estimate of drug-likeness (QED) is 0.127. The van der Waals surface area contributed by atoms with Gasteiger partial charge in [-0.15, -0.1) is 0 Å². The summed E-state index contributed by atoms with van der Waals surface area (Å²) in [4.78, 5) is 3.13. The van der Waals surface area contributed by atoms with E-state index in [4.69, 9.17) is 17.0 Å². The number of hydrogen-bond donors (Lipinski definition) is 0. The molecule has 0 N–H and O–H groups in total. The molecule has 2 nitrogen and oxygen atoms in total. The molecule has 0 spiro atoms. The van der Waals surface area contributed by atoms with Crippen LogP contribution in [0.3, 0.4) is 0 Å². The summed E-state index contributed by atoms with van der Waals surface area (Å²) in [5.41, 5.74) is 3.37. The van der Waals surface area contributed by atoms with Crippen LogP contribution in [-0.2, 0) is 12.8 Å². The Labute approximate surface area is 279 Å². The van der Waals surface area contributed by atoms with Gasteiger partial charge < -0.3 is 12.4 Å². The molecule has 0 saturated heterocycles. The van der Waals surface area contributed by atoms with Crippen LogP contribution in [0.4, 0.5) is 5.69 Å². The molecular weight excluding hydrogens is 1050 g/mol. The largest absolute Gasteiger partial charge is 1.00 e. The van der Waals surface area contributed by atoms with Crippen LogP contribution in [0.5, 0.6) is 0 Å². The van der Waals surface area contributed by atoms with Gasteiger partial charge >= 0.3 is 56.2 Å². The molecule has 0 aromatic heterocycles. The topological polar surface area (TPSA) is 28.1 Å².